The van der Waals surface area contributed by atoms with E-state index in [0.717, 1.165) is 5.56 Å². The monoisotopic (exact) mass is 372 g/mol. The molecule has 0 spiro atoms. The maximum absolute atomic E-state index is 6.16. The number of aryl methyl sites for hydroxylation is 1. The number of benzene rings is 1. The summed E-state index contributed by atoms with van der Waals surface area (Å²) < 4.78 is -5.79. The van der Waals surface area contributed by atoms with E-state index in [1.54, 1.807) is 18.2 Å². The van der Waals surface area contributed by atoms with Crippen molar-refractivity contribution in [3.8, 4) is 0 Å². The van der Waals surface area contributed by atoms with Crippen molar-refractivity contribution >= 4 is 81.2 Å². The van der Waals surface area contributed by atoms with E-state index in [-0.39, 0.29) is 0 Å². The van der Waals surface area contributed by atoms with Crippen LogP contribution in [0.15, 0.2) is 24.3 Å². The van der Waals surface area contributed by atoms with Gasteiger partial charge in [-0.15, -0.1) is 0 Å². The molecule has 0 radical (unpaired) electrons. The first kappa shape index (κ1) is 16.3. The minimum absolute atomic E-state index is 0.456. The summed E-state index contributed by atoms with van der Waals surface area (Å²) in [5.74, 6) is 0. The Balaban J connectivity index is 3.28. The van der Waals surface area contributed by atoms with Crippen molar-refractivity contribution < 1.29 is 0 Å². The van der Waals surface area contributed by atoms with Gasteiger partial charge in [-0.3, -0.25) is 0 Å². The fourth-order valence-electron chi connectivity index (χ4n) is 1.20. The van der Waals surface area contributed by atoms with Crippen LogP contribution in [0.1, 0.15) is 11.1 Å². The van der Waals surface area contributed by atoms with Crippen molar-refractivity contribution in [2.45, 2.75) is 19.4 Å². The Morgan fingerprint density at radius 3 is 1.82 bits per heavy atom. The van der Waals surface area contributed by atoms with E-state index in [2.05, 4.69) is 0 Å². The maximum atomic E-state index is 6.16. The number of hydrogen-bond donors (Lipinski definition) is 0. The highest BCUT2D eigenvalue weighted by atomic mass is 35.6. The molecule has 0 aromatic heterocycles. The summed E-state index contributed by atoms with van der Waals surface area (Å²) in [6.07, 6.45) is 0. The van der Waals surface area contributed by atoms with Crippen LogP contribution in [0.3, 0.4) is 0 Å². The van der Waals surface area contributed by atoms with Crippen LogP contribution in [-0.2, 0) is 4.33 Å². The highest BCUT2D eigenvalue weighted by molar-refractivity contribution is 6.78. The van der Waals surface area contributed by atoms with Crippen LogP contribution in [0, 0.1) is 6.92 Å². The molecule has 0 saturated carbocycles. The third kappa shape index (κ3) is 3.23. The number of halogens is 7. The van der Waals surface area contributed by atoms with Crippen LogP contribution in [0.25, 0.3) is 0 Å². The predicted octanol–water partition coefficient (Wildman–Crippen LogP) is 6.17. The van der Waals surface area contributed by atoms with Gasteiger partial charge in [-0.05, 0) is 12.5 Å². The van der Waals surface area contributed by atoms with E-state index in [0.29, 0.717) is 5.56 Å². The average Bonchev–Trinajstić information content (AvgIpc) is 2.15. The number of hydrogen-bond acceptors (Lipinski definition) is 0. The third-order valence-corrected chi connectivity index (χ3v) is 6.09. The van der Waals surface area contributed by atoms with E-state index in [4.69, 9.17) is 81.2 Å². The SMILES string of the molecule is Cc1cccc(C(Cl)(Cl)C(Cl)(Cl)C(Cl)(Cl)Cl)c1. The second-order valence-electron chi connectivity index (χ2n) is 3.52. The number of alkyl halides is 7. The lowest BCUT2D eigenvalue weighted by Crippen LogP contribution is -2.45. The van der Waals surface area contributed by atoms with Crippen LogP contribution in [0.2, 0.25) is 0 Å². The lowest BCUT2D eigenvalue weighted by atomic mass is 10.1. The molecule has 0 amide bonds. The molecule has 17 heavy (non-hydrogen) atoms. The van der Waals surface area contributed by atoms with Crippen molar-refractivity contribution in [2.75, 3.05) is 0 Å². The Bertz CT molecular complexity index is 405. The highest BCUT2D eigenvalue weighted by Gasteiger charge is 2.60. The highest BCUT2D eigenvalue weighted by Crippen LogP contribution is 2.60. The van der Waals surface area contributed by atoms with Crippen molar-refractivity contribution in [3.63, 3.8) is 0 Å². The molecule has 96 valence electrons. The van der Waals surface area contributed by atoms with Crippen LogP contribution < -0.4 is 0 Å². The Morgan fingerprint density at radius 1 is 0.882 bits per heavy atom. The average molecular weight is 375 g/mol. The largest absolute Gasteiger partial charge is 0.226 e. The van der Waals surface area contributed by atoms with Gasteiger partial charge in [-0.2, -0.15) is 0 Å². The molecule has 7 heteroatoms. The van der Waals surface area contributed by atoms with Gasteiger partial charge in [0.1, 0.15) is 0 Å². The summed E-state index contributed by atoms with van der Waals surface area (Å²) in [5, 5.41) is 0. The van der Waals surface area contributed by atoms with Gasteiger partial charge in [0.15, 0.2) is 4.33 Å². The molecule has 0 saturated heterocycles. The van der Waals surface area contributed by atoms with Gasteiger partial charge >= 0.3 is 0 Å². The normalized spacial score (nSPS) is 13.9. The van der Waals surface area contributed by atoms with Gasteiger partial charge in [-0.1, -0.05) is 111 Å². The third-order valence-electron chi connectivity index (χ3n) is 2.13. The smallest absolute Gasteiger partial charge is 0.0930 e. The zero-order valence-corrected chi connectivity index (χ0v) is 13.7. The maximum Gasteiger partial charge on any atom is 0.226 e. The number of rotatable bonds is 2. The van der Waals surface area contributed by atoms with Crippen LogP contribution in [0.4, 0.5) is 0 Å². The predicted molar refractivity (Wildman–Crippen MR) is 79.3 cm³/mol. The quantitative estimate of drug-likeness (QED) is 0.543. The molecule has 0 aliphatic rings. The Morgan fingerprint density at radius 2 is 1.41 bits per heavy atom. The van der Waals surface area contributed by atoms with Crippen LogP contribution in [-0.4, -0.2) is 8.13 Å². The van der Waals surface area contributed by atoms with Gasteiger partial charge in [0.25, 0.3) is 0 Å². The lowest BCUT2D eigenvalue weighted by molar-refractivity contribution is 0.698. The second kappa shape index (κ2) is 5.32. The van der Waals surface area contributed by atoms with Crippen LogP contribution >= 0.6 is 81.2 Å². The molecule has 0 bridgehead atoms. The minimum Gasteiger partial charge on any atom is -0.0930 e. The van der Waals surface area contributed by atoms with E-state index >= 15 is 0 Å². The molecular formula is C10H7Cl7. The molecule has 0 nitrogen and oxygen atoms in total. The van der Waals surface area contributed by atoms with E-state index in [1.165, 1.54) is 0 Å². The minimum atomic E-state index is -2.04. The Kier molecular flexibility index (Phi) is 5.11. The summed E-state index contributed by atoms with van der Waals surface area (Å²) in [4.78, 5) is 0. The van der Waals surface area contributed by atoms with Crippen molar-refractivity contribution in [1.82, 2.24) is 0 Å². The van der Waals surface area contributed by atoms with Gasteiger partial charge in [0.05, 0.1) is 0 Å². The van der Waals surface area contributed by atoms with Crippen molar-refractivity contribution in [2.24, 2.45) is 0 Å². The lowest BCUT2D eigenvalue weighted by Gasteiger charge is -2.37. The van der Waals surface area contributed by atoms with Crippen LogP contribution in [0.5, 0.6) is 0 Å². The van der Waals surface area contributed by atoms with Crippen molar-refractivity contribution in [3.05, 3.63) is 35.4 Å². The zero-order valence-electron chi connectivity index (χ0n) is 8.46. The Labute approximate surface area is 135 Å². The second-order valence-corrected chi connectivity index (χ2v) is 8.45. The molecule has 0 atom stereocenters. The van der Waals surface area contributed by atoms with Gasteiger partial charge in [0, 0.05) is 0 Å². The molecule has 0 fully saturated rings. The molecule has 0 unspecified atom stereocenters. The summed E-state index contributed by atoms with van der Waals surface area (Å²) in [5.41, 5.74) is 1.39. The molecule has 0 N–H and O–H groups in total. The van der Waals surface area contributed by atoms with E-state index in [9.17, 15) is 0 Å². The molecule has 0 heterocycles. The first-order chi connectivity index (χ1) is 7.50. The summed E-state index contributed by atoms with van der Waals surface area (Å²) in [6, 6.07) is 7.00. The Hall–Kier alpha value is 1.25. The van der Waals surface area contributed by atoms with E-state index < -0.39 is 12.5 Å². The summed E-state index contributed by atoms with van der Waals surface area (Å²) >= 11 is 41.4. The fraction of sp³-hybridized carbons (Fsp3) is 0.400. The van der Waals surface area contributed by atoms with Gasteiger partial charge < -0.3 is 0 Å². The molecule has 0 aliphatic carbocycles. The molecular weight excluding hydrogens is 368 g/mol. The summed E-state index contributed by atoms with van der Waals surface area (Å²) in [6.45, 7) is 1.87. The first-order valence-corrected chi connectivity index (χ1v) is 7.04. The first-order valence-electron chi connectivity index (χ1n) is 4.39. The molecule has 1 aromatic carbocycles. The van der Waals surface area contributed by atoms with E-state index in [1.807, 2.05) is 13.0 Å². The molecule has 0 aliphatic heterocycles. The molecule has 1 aromatic rings. The fourth-order valence-corrected chi connectivity index (χ4v) is 2.65. The topological polar surface area (TPSA) is 0 Å². The van der Waals surface area contributed by atoms with Gasteiger partial charge in [0.2, 0.25) is 8.13 Å². The summed E-state index contributed by atoms with van der Waals surface area (Å²) in [7, 11) is 0. The van der Waals surface area contributed by atoms with Gasteiger partial charge in [-0.25, -0.2) is 0 Å². The standard InChI is InChI=1S/C10H7Cl7/c1-6-3-2-4-7(5-6)8(11,12)9(13,14)10(15,16)17/h2-5H,1H3. The zero-order chi connectivity index (χ0) is 13.5. The van der Waals surface area contributed by atoms with Crippen molar-refractivity contribution in [1.29, 1.82) is 0 Å². The molecule has 1 rings (SSSR count).